The highest BCUT2D eigenvalue weighted by Gasteiger charge is 2.20. The van der Waals surface area contributed by atoms with E-state index in [4.69, 9.17) is 16.3 Å². The van der Waals surface area contributed by atoms with Crippen LogP contribution in [0.5, 0.6) is 11.5 Å². The minimum absolute atomic E-state index is 0.144. The molecule has 0 amide bonds. The highest BCUT2D eigenvalue weighted by atomic mass is 35.5. The van der Waals surface area contributed by atoms with Crippen molar-refractivity contribution < 1.29 is 9.84 Å². The molecule has 0 radical (unpaired) electrons. The Balaban J connectivity index is 1.56. The fourth-order valence-electron chi connectivity index (χ4n) is 3.26. The SMILES string of the molecule is Oc1cc(-c2ccc(Cl)cn2)cc2c1OCCN(CCc1ccccn1)C2. The van der Waals surface area contributed by atoms with E-state index in [1.54, 1.807) is 18.3 Å². The molecule has 3 aromatic rings. The lowest BCUT2D eigenvalue weighted by molar-refractivity contribution is 0.224. The molecule has 27 heavy (non-hydrogen) atoms. The van der Waals surface area contributed by atoms with Gasteiger partial charge in [0.25, 0.3) is 0 Å². The summed E-state index contributed by atoms with van der Waals surface area (Å²) in [4.78, 5) is 11.1. The Labute approximate surface area is 163 Å². The van der Waals surface area contributed by atoms with E-state index in [1.807, 2.05) is 36.5 Å². The maximum absolute atomic E-state index is 10.5. The molecular formula is C21H20ClN3O2. The maximum atomic E-state index is 10.5. The summed E-state index contributed by atoms with van der Waals surface area (Å²) in [5.41, 5.74) is 3.64. The van der Waals surface area contributed by atoms with E-state index >= 15 is 0 Å². The Morgan fingerprint density at radius 1 is 1.15 bits per heavy atom. The molecule has 0 saturated heterocycles. The van der Waals surface area contributed by atoms with Crippen molar-refractivity contribution in [2.75, 3.05) is 19.7 Å². The number of nitrogens with zero attached hydrogens (tertiary/aromatic N) is 3. The van der Waals surface area contributed by atoms with Crippen molar-refractivity contribution in [3.8, 4) is 22.8 Å². The van der Waals surface area contributed by atoms with Crippen LogP contribution in [0, 0.1) is 0 Å². The van der Waals surface area contributed by atoms with Gasteiger partial charge in [-0.05, 0) is 36.4 Å². The molecular weight excluding hydrogens is 362 g/mol. The van der Waals surface area contributed by atoms with Gasteiger partial charge in [0.2, 0.25) is 0 Å². The van der Waals surface area contributed by atoms with Crippen LogP contribution in [0.3, 0.4) is 0 Å². The largest absolute Gasteiger partial charge is 0.504 e. The standard InChI is InChI=1S/C21H20ClN3O2/c22-17-4-5-19(24-13-17)15-11-16-14-25(8-6-18-3-1-2-7-23-18)9-10-27-21(16)20(26)12-15/h1-5,7,11-13,26H,6,8-10,14H2. The zero-order valence-electron chi connectivity index (χ0n) is 14.8. The quantitative estimate of drug-likeness (QED) is 0.741. The van der Waals surface area contributed by atoms with Crippen LogP contribution < -0.4 is 4.74 Å². The predicted octanol–water partition coefficient (Wildman–Crippen LogP) is 3.94. The third-order valence-electron chi connectivity index (χ3n) is 4.63. The first-order chi connectivity index (χ1) is 13.2. The first kappa shape index (κ1) is 17.8. The summed E-state index contributed by atoms with van der Waals surface area (Å²) in [6, 6.07) is 13.3. The monoisotopic (exact) mass is 381 g/mol. The second kappa shape index (κ2) is 7.94. The summed E-state index contributed by atoms with van der Waals surface area (Å²) in [5, 5.41) is 11.0. The van der Waals surface area contributed by atoms with E-state index < -0.39 is 0 Å². The zero-order chi connectivity index (χ0) is 18.6. The lowest BCUT2D eigenvalue weighted by Gasteiger charge is -2.19. The third kappa shape index (κ3) is 4.21. The van der Waals surface area contributed by atoms with E-state index in [9.17, 15) is 5.11 Å². The van der Waals surface area contributed by atoms with Gasteiger partial charge in [-0.15, -0.1) is 0 Å². The molecule has 5 nitrogen and oxygen atoms in total. The van der Waals surface area contributed by atoms with Crippen LogP contribution in [-0.2, 0) is 13.0 Å². The molecule has 1 aliphatic heterocycles. The molecule has 2 aromatic heterocycles. The number of rotatable bonds is 4. The Bertz CT molecular complexity index is 917. The zero-order valence-corrected chi connectivity index (χ0v) is 15.6. The molecule has 6 heteroatoms. The highest BCUT2D eigenvalue weighted by Crippen LogP contribution is 2.37. The van der Waals surface area contributed by atoms with E-state index in [0.29, 0.717) is 23.9 Å². The van der Waals surface area contributed by atoms with E-state index in [0.717, 1.165) is 42.0 Å². The fourth-order valence-corrected chi connectivity index (χ4v) is 3.37. The molecule has 1 N–H and O–H groups in total. The number of phenolic OH excluding ortho intramolecular Hbond substituents is 1. The predicted molar refractivity (Wildman–Crippen MR) is 105 cm³/mol. The van der Waals surface area contributed by atoms with Crippen LogP contribution >= 0.6 is 11.6 Å². The number of phenols is 1. The molecule has 0 atom stereocenters. The average molecular weight is 382 g/mol. The molecule has 0 unspecified atom stereocenters. The van der Waals surface area contributed by atoms with Gasteiger partial charge >= 0.3 is 0 Å². The van der Waals surface area contributed by atoms with Gasteiger partial charge in [0.05, 0.1) is 10.7 Å². The van der Waals surface area contributed by atoms with Crippen molar-refractivity contribution in [2.45, 2.75) is 13.0 Å². The number of aromatic nitrogens is 2. The lowest BCUT2D eigenvalue weighted by Crippen LogP contribution is -2.28. The number of ether oxygens (including phenoxy) is 1. The Morgan fingerprint density at radius 2 is 2.07 bits per heavy atom. The lowest BCUT2D eigenvalue weighted by atomic mass is 10.0. The summed E-state index contributed by atoms with van der Waals surface area (Å²) in [7, 11) is 0. The molecule has 138 valence electrons. The molecule has 4 rings (SSSR count). The first-order valence-electron chi connectivity index (χ1n) is 8.92. The Hall–Kier alpha value is -2.63. The fraction of sp³-hybridized carbons (Fsp3) is 0.238. The van der Waals surface area contributed by atoms with Gasteiger partial charge in [0.15, 0.2) is 11.5 Å². The van der Waals surface area contributed by atoms with Crippen molar-refractivity contribution in [1.29, 1.82) is 0 Å². The summed E-state index contributed by atoms with van der Waals surface area (Å²) < 4.78 is 5.82. The van der Waals surface area contributed by atoms with Crippen LogP contribution in [0.15, 0.2) is 54.9 Å². The van der Waals surface area contributed by atoms with E-state index in [2.05, 4.69) is 14.9 Å². The second-order valence-corrected chi connectivity index (χ2v) is 6.98. The number of hydrogen-bond acceptors (Lipinski definition) is 5. The summed E-state index contributed by atoms with van der Waals surface area (Å²) in [6.07, 6.45) is 4.30. The van der Waals surface area contributed by atoms with Gasteiger partial charge in [-0.25, -0.2) is 0 Å². The van der Waals surface area contributed by atoms with Gasteiger partial charge in [-0.2, -0.15) is 0 Å². The van der Waals surface area contributed by atoms with Crippen LogP contribution in [-0.4, -0.2) is 39.7 Å². The number of halogens is 1. The van der Waals surface area contributed by atoms with Crippen molar-refractivity contribution >= 4 is 11.6 Å². The number of fused-ring (bicyclic) bond motifs is 1. The van der Waals surface area contributed by atoms with E-state index in [1.165, 1.54) is 0 Å². The van der Waals surface area contributed by atoms with Gasteiger partial charge in [-0.3, -0.25) is 14.9 Å². The van der Waals surface area contributed by atoms with Gasteiger partial charge in [0.1, 0.15) is 6.61 Å². The van der Waals surface area contributed by atoms with Gasteiger partial charge in [-0.1, -0.05) is 17.7 Å². The molecule has 1 aromatic carbocycles. The number of benzene rings is 1. The molecule has 3 heterocycles. The maximum Gasteiger partial charge on any atom is 0.165 e. The van der Waals surface area contributed by atoms with Gasteiger partial charge in [0, 0.05) is 55.3 Å². The van der Waals surface area contributed by atoms with Crippen LogP contribution in [0.1, 0.15) is 11.3 Å². The van der Waals surface area contributed by atoms with Crippen LogP contribution in [0.2, 0.25) is 5.02 Å². The minimum Gasteiger partial charge on any atom is -0.504 e. The molecule has 0 aliphatic carbocycles. The second-order valence-electron chi connectivity index (χ2n) is 6.54. The molecule has 0 spiro atoms. The molecule has 1 aliphatic rings. The topological polar surface area (TPSA) is 58.5 Å². The van der Waals surface area contributed by atoms with Crippen molar-refractivity contribution in [3.63, 3.8) is 0 Å². The summed E-state index contributed by atoms with van der Waals surface area (Å²) in [5.74, 6) is 0.707. The third-order valence-corrected chi connectivity index (χ3v) is 4.85. The minimum atomic E-state index is 0.144. The first-order valence-corrected chi connectivity index (χ1v) is 9.30. The van der Waals surface area contributed by atoms with Crippen molar-refractivity contribution in [2.24, 2.45) is 0 Å². The highest BCUT2D eigenvalue weighted by molar-refractivity contribution is 6.30. The van der Waals surface area contributed by atoms with Crippen molar-refractivity contribution in [1.82, 2.24) is 14.9 Å². The molecule has 0 fully saturated rings. The number of aromatic hydroxyl groups is 1. The van der Waals surface area contributed by atoms with Crippen LogP contribution in [0.4, 0.5) is 0 Å². The van der Waals surface area contributed by atoms with Crippen molar-refractivity contribution in [3.05, 3.63) is 71.1 Å². The normalized spacial score (nSPS) is 14.3. The molecule has 0 bridgehead atoms. The number of pyridine rings is 2. The van der Waals surface area contributed by atoms with Crippen LogP contribution in [0.25, 0.3) is 11.3 Å². The smallest absolute Gasteiger partial charge is 0.165 e. The molecule has 0 saturated carbocycles. The Kier molecular flexibility index (Phi) is 5.23. The van der Waals surface area contributed by atoms with E-state index in [-0.39, 0.29) is 5.75 Å². The summed E-state index contributed by atoms with van der Waals surface area (Å²) >= 11 is 5.93. The van der Waals surface area contributed by atoms with Gasteiger partial charge < -0.3 is 9.84 Å². The Morgan fingerprint density at radius 3 is 2.85 bits per heavy atom. The number of hydrogen-bond donors (Lipinski definition) is 1. The summed E-state index contributed by atoms with van der Waals surface area (Å²) in [6.45, 7) is 2.93. The average Bonchev–Trinajstić information content (AvgIpc) is 2.90.